The van der Waals surface area contributed by atoms with Gasteiger partial charge in [0.05, 0.1) is 17.2 Å². The predicted molar refractivity (Wildman–Crippen MR) is 163 cm³/mol. The molecule has 1 fully saturated rings. The topological polar surface area (TPSA) is 122 Å². The Labute approximate surface area is 255 Å². The summed E-state index contributed by atoms with van der Waals surface area (Å²) in [5.74, 6) is 4.99. The molecule has 0 aliphatic carbocycles. The first-order valence-corrected chi connectivity index (χ1v) is 15.0. The quantitative estimate of drug-likeness (QED) is 0.153. The third kappa shape index (κ3) is 6.03. The summed E-state index contributed by atoms with van der Waals surface area (Å²) < 4.78 is 6.15. The van der Waals surface area contributed by atoms with Gasteiger partial charge in [0.15, 0.2) is 0 Å². The zero-order chi connectivity index (χ0) is 30.5. The fraction of sp³-hybridized carbons (Fsp3) is 0.286. The highest BCUT2D eigenvalue weighted by molar-refractivity contribution is 6.24. The predicted octanol–water partition coefficient (Wildman–Crippen LogP) is 4.91. The molecule has 9 nitrogen and oxygen atoms in total. The molecule has 0 saturated carbocycles. The molecule has 2 N–H and O–H groups in total. The van der Waals surface area contributed by atoms with Crippen molar-refractivity contribution in [2.75, 3.05) is 6.54 Å². The van der Waals surface area contributed by atoms with E-state index in [0.717, 1.165) is 59.4 Å². The van der Waals surface area contributed by atoms with Crippen molar-refractivity contribution in [3.8, 4) is 11.8 Å². The minimum Gasteiger partial charge on any atom is -0.459 e. The van der Waals surface area contributed by atoms with E-state index in [1.807, 2.05) is 36.5 Å². The molecule has 222 valence electrons. The number of piperidine rings is 1. The van der Waals surface area contributed by atoms with E-state index in [-0.39, 0.29) is 30.0 Å². The highest BCUT2D eigenvalue weighted by Crippen LogP contribution is 2.30. The lowest BCUT2D eigenvalue weighted by Crippen LogP contribution is -2.54. The zero-order valence-electron chi connectivity index (χ0n) is 24.2. The number of imide groups is 2. The lowest BCUT2D eigenvalue weighted by molar-refractivity contribution is -0.136. The number of nitrogens with zero attached hydrogens (tertiary/aromatic N) is 2. The molecule has 4 heterocycles. The monoisotopic (exact) mass is 588 g/mol. The molecular weight excluding hydrogens is 556 g/mol. The number of furan rings is 1. The van der Waals surface area contributed by atoms with Crippen molar-refractivity contribution >= 4 is 34.6 Å². The van der Waals surface area contributed by atoms with Crippen molar-refractivity contribution in [3.05, 3.63) is 101 Å². The van der Waals surface area contributed by atoms with Crippen LogP contribution in [0, 0.1) is 11.8 Å². The third-order valence-corrected chi connectivity index (χ3v) is 8.02. The van der Waals surface area contributed by atoms with Gasteiger partial charge in [0.1, 0.15) is 17.4 Å². The Morgan fingerprint density at radius 3 is 2.66 bits per heavy atom. The smallest absolute Gasteiger partial charge is 0.263 e. The molecule has 0 radical (unpaired) electrons. The van der Waals surface area contributed by atoms with E-state index < -0.39 is 29.7 Å². The van der Waals surface area contributed by atoms with E-state index in [4.69, 9.17) is 4.42 Å². The van der Waals surface area contributed by atoms with Crippen LogP contribution in [0.3, 0.4) is 0 Å². The Bertz CT molecular complexity index is 1750. The molecule has 9 heteroatoms. The summed E-state index contributed by atoms with van der Waals surface area (Å²) in [5.41, 5.74) is 2.86. The third-order valence-electron chi connectivity index (χ3n) is 8.02. The summed E-state index contributed by atoms with van der Waals surface area (Å²) >= 11 is 0. The van der Waals surface area contributed by atoms with Crippen molar-refractivity contribution in [2.24, 2.45) is 0 Å². The molecule has 0 bridgehead atoms. The summed E-state index contributed by atoms with van der Waals surface area (Å²) in [6, 6.07) is 18.0. The largest absolute Gasteiger partial charge is 0.459 e. The molecule has 0 spiro atoms. The second kappa shape index (κ2) is 13.1. The molecule has 1 saturated heterocycles. The number of carbonyl (C=O) groups is 4. The van der Waals surface area contributed by atoms with E-state index in [9.17, 15) is 19.2 Å². The number of hydrogen-bond acceptors (Lipinski definition) is 7. The Morgan fingerprint density at radius 1 is 0.977 bits per heavy atom. The van der Waals surface area contributed by atoms with Crippen molar-refractivity contribution < 1.29 is 23.6 Å². The number of hydrogen-bond donors (Lipinski definition) is 2. The second-order valence-corrected chi connectivity index (χ2v) is 11.0. The fourth-order valence-corrected chi connectivity index (χ4v) is 5.79. The number of aromatic nitrogens is 1. The van der Waals surface area contributed by atoms with Gasteiger partial charge in [-0.25, -0.2) is 0 Å². The van der Waals surface area contributed by atoms with Crippen molar-refractivity contribution in [2.45, 2.75) is 57.0 Å². The maximum absolute atomic E-state index is 13.2. The lowest BCUT2D eigenvalue weighted by atomic mass is 10.0. The van der Waals surface area contributed by atoms with Crippen LogP contribution in [0.1, 0.15) is 88.6 Å². The number of unbranched alkanes of at least 4 members (excludes halogenated alkanes) is 4. The summed E-state index contributed by atoms with van der Waals surface area (Å²) in [6.07, 6.45) is 8.43. The zero-order valence-corrected chi connectivity index (χ0v) is 24.2. The van der Waals surface area contributed by atoms with Crippen LogP contribution in [0.25, 0.3) is 11.0 Å². The number of pyridine rings is 1. The molecule has 2 unspecified atom stereocenters. The van der Waals surface area contributed by atoms with Gasteiger partial charge in [0.2, 0.25) is 11.8 Å². The first-order valence-electron chi connectivity index (χ1n) is 15.0. The van der Waals surface area contributed by atoms with Crippen LogP contribution in [-0.4, -0.2) is 46.1 Å². The summed E-state index contributed by atoms with van der Waals surface area (Å²) in [6.45, 7) is 0.818. The van der Waals surface area contributed by atoms with E-state index in [0.29, 0.717) is 12.0 Å². The number of benzene rings is 2. The SMILES string of the molecule is O=C1CCC(N2C(=O)c3cccc(C#CCCCCCCNC(c4cccnc4)c4cc5ccccc5o4)c3C2=O)C(=O)N1. The maximum Gasteiger partial charge on any atom is 0.263 e. The Hall–Kier alpha value is -5.07. The molecule has 2 aromatic heterocycles. The average molecular weight is 589 g/mol. The first-order chi connectivity index (χ1) is 21.5. The van der Waals surface area contributed by atoms with Gasteiger partial charge >= 0.3 is 0 Å². The Morgan fingerprint density at radius 2 is 1.84 bits per heavy atom. The normalized spacial score (nSPS) is 16.9. The molecule has 44 heavy (non-hydrogen) atoms. The van der Waals surface area contributed by atoms with Crippen molar-refractivity contribution in [3.63, 3.8) is 0 Å². The number of nitrogens with one attached hydrogen (secondary N) is 2. The van der Waals surface area contributed by atoms with Gasteiger partial charge in [-0.15, -0.1) is 0 Å². The summed E-state index contributed by atoms with van der Waals surface area (Å²) in [4.78, 5) is 55.4. The molecule has 2 aliphatic rings. The van der Waals surface area contributed by atoms with Gasteiger partial charge in [0, 0.05) is 36.2 Å². The second-order valence-electron chi connectivity index (χ2n) is 11.0. The minimum atomic E-state index is -0.992. The average Bonchev–Trinajstić information content (AvgIpc) is 3.57. The Balaban J connectivity index is 0.997. The molecule has 2 atom stereocenters. The van der Waals surface area contributed by atoms with Crippen LogP contribution in [0.2, 0.25) is 0 Å². The van der Waals surface area contributed by atoms with E-state index >= 15 is 0 Å². The maximum atomic E-state index is 13.2. The molecule has 4 aromatic rings. The molecule has 2 aliphatic heterocycles. The Kier molecular flexibility index (Phi) is 8.62. The van der Waals surface area contributed by atoms with Gasteiger partial charge < -0.3 is 9.73 Å². The summed E-state index contributed by atoms with van der Waals surface area (Å²) in [5, 5.41) is 6.92. The molecule has 2 aromatic carbocycles. The van der Waals surface area contributed by atoms with Crippen molar-refractivity contribution in [1.82, 2.24) is 20.5 Å². The minimum absolute atomic E-state index is 0.0823. The number of carbonyl (C=O) groups excluding carboxylic acids is 4. The van der Waals surface area contributed by atoms with Gasteiger partial charge in [-0.05, 0) is 61.7 Å². The van der Waals surface area contributed by atoms with Crippen LogP contribution >= 0.6 is 0 Å². The molecule has 4 amide bonds. The first kappa shape index (κ1) is 29.0. The standard InChI is InChI=1S/C35H32N4O5/c40-30-18-17-27(33(41)38-30)39-34(42)26-15-9-13-23(31(26)35(39)43)11-5-3-1-2-4-8-20-37-32(25-14-10-19-36-22-25)29-21-24-12-6-7-16-28(24)44-29/h6-7,9-10,12-16,19,21-22,27,32,37H,1-4,8,17-18,20H2,(H,38,40,41). The number of fused-ring (bicyclic) bond motifs is 2. The van der Waals surface area contributed by atoms with E-state index in [1.54, 1.807) is 24.4 Å². The van der Waals surface area contributed by atoms with Crippen LogP contribution < -0.4 is 10.6 Å². The van der Waals surface area contributed by atoms with Crippen LogP contribution in [0.5, 0.6) is 0 Å². The van der Waals surface area contributed by atoms with Gasteiger partial charge in [-0.1, -0.05) is 55.0 Å². The van der Waals surface area contributed by atoms with Crippen molar-refractivity contribution in [1.29, 1.82) is 0 Å². The molecule has 6 rings (SSSR count). The summed E-state index contributed by atoms with van der Waals surface area (Å²) in [7, 11) is 0. The van der Waals surface area contributed by atoms with Crippen LogP contribution in [0.15, 0.2) is 77.5 Å². The van der Waals surface area contributed by atoms with Crippen LogP contribution in [0.4, 0.5) is 0 Å². The number of para-hydroxylation sites is 1. The highest BCUT2D eigenvalue weighted by Gasteiger charge is 2.45. The lowest BCUT2D eigenvalue weighted by Gasteiger charge is -2.27. The number of rotatable bonds is 10. The number of amides is 4. The highest BCUT2D eigenvalue weighted by atomic mass is 16.3. The van der Waals surface area contributed by atoms with Gasteiger partial charge in [0.25, 0.3) is 11.8 Å². The van der Waals surface area contributed by atoms with Crippen LogP contribution in [-0.2, 0) is 9.59 Å². The van der Waals surface area contributed by atoms with E-state index in [2.05, 4.69) is 39.6 Å². The molecular formula is C35H32N4O5. The van der Waals surface area contributed by atoms with Gasteiger partial charge in [-0.2, -0.15) is 0 Å². The fourth-order valence-electron chi connectivity index (χ4n) is 5.79. The van der Waals surface area contributed by atoms with E-state index in [1.165, 1.54) is 0 Å². The van der Waals surface area contributed by atoms with Gasteiger partial charge in [-0.3, -0.25) is 34.4 Å².